The summed E-state index contributed by atoms with van der Waals surface area (Å²) in [6.45, 7) is 3.69. The number of carbonyl (C=O) groups excluding carboxylic acids is 1. The lowest BCUT2D eigenvalue weighted by Gasteiger charge is -2.26. The van der Waals surface area contributed by atoms with Crippen molar-refractivity contribution >= 4 is 21.9 Å². The fourth-order valence-electron chi connectivity index (χ4n) is 2.13. The van der Waals surface area contributed by atoms with Crippen LogP contribution in [0.5, 0.6) is 0 Å². The van der Waals surface area contributed by atoms with Crippen molar-refractivity contribution in [2.75, 3.05) is 5.33 Å². The second-order valence-corrected chi connectivity index (χ2v) is 6.45. The second-order valence-electron chi connectivity index (χ2n) is 5.80. The molecule has 118 valence electrons. The summed E-state index contributed by atoms with van der Waals surface area (Å²) in [5, 5.41) is 19.5. The lowest BCUT2D eigenvalue weighted by molar-refractivity contribution is -0.158. The number of carbonyl (C=O) groups is 1. The summed E-state index contributed by atoms with van der Waals surface area (Å²) in [6.07, 6.45) is -0.899. The maximum Gasteiger partial charge on any atom is 0.308 e. The van der Waals surface area contributed by atoms with Crippen molar-refractivity contribution in [3.63, 3.8) is 0 Å². The van der Waals surface area contributed by atoms with Gasteiger partial charge in [0.15, 0.2) is 0 Å². The topological polar surface area (TPSA) is 66.8 Å². The Labute approximate surface area is 134 Å². The van der Waals surface area contributed by atoms with Crippen LogP contribution in [-0.2, 0) is 16.0 Å². The summed E-state index contributed by atoms with van der Waals surface area (Å²) in [7, 11) is 0. The summed E-state index contributed by atoms with van der Waals surface area (Å²) in [6, 6.07) is 9.79. The largest absolute Gasteiger partial charge is 0.459 e. The molecule has 1 rings (SSSR count). The van der Waals surface area contributed by atoms with E-state index in [0.717, 1.165) is 5.56 Å². The molecule has 1 aromatic carbocycles. The Morgan fingerprint density at radius 3 is 2.43 bits per heavy atom. The van der Waals surface area contributed by atoms with Crippen LogP contribution in [-0.4, -0.2) is 39.3 Å². The van der Waals surface area contributed by atoms with Crippen LogP contribution in [0.1, 0.15) is 32.3 Å². The molecule has 21 heavy (non-hydrogen) atoms. The average molecular weight is 359 g/mol. The molecule has 5 heteroatoms. The molecule has 0 bridgehead atoms. The van der Waals surface area contributed by atoms with Gasteiger partial charge in [-0.2, -0.15) is 0 Å². The fraction of sp³-hybridized carbons (Fsp3) is 0.562. The van der Waals surface area contributed by atoms with E-state index in [1.165, 1.54) is 0 Å². The van der Waals surface area contributed by atoms with E-state index in [9.17, 15) is 15.0 Å². The standard InChI is InChI=1S/C16H23BrO4/c1-16(2,10-12-6-4-3-5-7-12)21-15(20)9-13(18)8-14(19)11-17/h3-7,13-14,18-19H,8-11H2,1-2H3/t13-,14+/m1/s1. The summed E-state index contributed by atoms with van der Waals surface area (Å²) in [5.74, 6) is -0.454. The van der Waals surface area contributed by atoms with Crippen molar-refractivity contribution in [2.24, 2.45) is 0 Å². The molecule has 0 aliphatic carbocycles. The van der Waals surface area contributed by atoms with E-state index in [2.05, 4.69) is 15.9 Å². The van der Waals surface area contributed by atoms with Gasteiger partial charge in [0.05, 0.1) is 18.6 Å². The average Bonchev–Trinajstić information content (AvgIpc) is 2.37. The van der Waals surface area contributed by atoms with Crippen molar-refractivity contribution < 1.29 is 19.7 Å². The van der Waals surface area contributed by atoms with Crippen molar-refractivity contribution in [1.29, 1.82) is 0 Å². The van der Waals surface area contributed by atoms with Gasteiger partial charge in [-0.15, -0.1) is 0 Å². The van der Waals surface area contributed by atoms with E-state index in [0.29, 0.717) is 11.8 Å². The van der Waals surface area contributed by atoms with Gasteiger partial charge in [0.2, 0.25) is 0 Å². The molecule has 0 aliphatic heterocycles. The fourth-order valence-corrected chi connectivity index (χ4v) is 2.39. The van der Waals surface area contributed by atoms with E-state index in [-0.39, 0.29) is 12.8 Å². The highest BCUT2D eigenvalue weighted by molar-refractivity contribution is 9.09. The minimum atomic E-state index is -0.891. The van der Waals surface area contributed by atoms with E-state index in [4.69, 9.17) is 4.74 Å². The summed E-state index contributed by atoms with van der Waals surface area (Å²) >= 11 is 3.12. The minimum absolute atomic E-state index is 0.109. The minimum Gasteiger partial charge on any atom is -0.459 e. The number of hydrogen-bond donors (Lipinski definition) is 2. The molecule has 0 saturated heterocycles. The molecular formula is C16H23BrO4. The molecule has 0 unspecified atom stereocenters. The van der Waals surface area contributed by atoms with Crippen molar-refractivity contribution in [2.45, 2.75) is 50.9 Å². The zero-order chi connectivity index (χ0) is 15.9. The van der Waals surface area contributed by atoms with Crippen LogP contribution < -0.4 is 0 Å². The highest BCUT2D eigenvalue weighted by atomic mass is 79.9. The van der Waals surface area contributed by atoms with Gasteiger partial charge >= 0.3 is 5.97 Å². The van der Waals surface area contributed by atoms with E-state index < -0.39 is 23.8 Å². The summed E-state index contributed by atoms with van der Waals surface area (Å²) < 4.78 is 5.44. The van der Waals surface area contributed by atoms with Gasteiger partial charge in [-0.1, -0.05) is 46.3 Å². The Hall–Kier alpha value is -0.910. The number of ether oxygens (including phenoxy) is 1. The number of alkyl halides is 1. The SMILES string of the molecule is CC(C)(Cc1ccccc1)OC(=O)C[C@H](O)C[C@H](O)CBr. The molecule has 0 saturated carbocycles. The molecule has 0 heterocycles. The zero-order valence-electron chi connectivity index (χ0n) is 12.5. The van der Waals surface area contributed by atoms with Gasteiger partial charge in [0, 0.05) is 18.2 Å². The first-order valence-corrected chi connectivity index (χ1v) is 8.12. The van der Waals surface area contributed by atoms with Crippen LogP contribution >= 0.6 is 15.9 Å². The number of aliphatic hydroxyl groups is 2. The first-order valence-electron chi connectivity index (χ1n) is 7.00. The van der Waals surface area contributed by atoms with Gasteiger partial charge in [-0.3, -0.25) is 4.79 Å². The third-order valence-corrected chi connectivity index (χ3v) is 3.73. The Morgan fingerprint density at radius 1 is 1.24 bits per heavy atom. The number of rotatable bonds is 8. The van der Waals surface area contributed by atoms with Crippen LogP contribution in [0, 0.1) is 0 Å². The summed E-state index contributed by atoms with van der Waals surface area (Å²) in [5.41, 5.74) is 0.456. The first kappa shape index (κ1) is 18.1. The number of hydrogen-bond acceptors (Lipinski definition) is 4. The van der Waals surface area contributed by atoms with Crippen molar-refractivity contribution in [3.05, 3.63) is 35.9 Å². The van der Waals surface area contributed by atoms with E-state index >= 15 is 0 Å². The molecule has 0 aliphatic rings. The molecule has 0 fully saturated rings. The number of aliphatic hydroxyl groups excluding tert-OH is 2. The monoisotopic (exact) mass is 358 g/mol. The van der Waals surface area contributed by atoms with Crippen LogP contribution in [0.4, 0.5) is 0 Å². The van der Waals surface area contributed by atoms with Gasteiger partial charge < -0.3 is 14.9 Å². The maximum atomic E-state index is 11.9. The molecular weight excluding hydrogens is 336 g/mol. The Kier molecular flexibility index (Phi) is 7.35. The van der Waals surface area contributed by atoms with Crippen LogP contribution in [0.15, 0.2) is 30.3 Å². The van der Waals surface area contributed by atoms with Gasteiger partial charge in [-0.25, -0.2) is 0 Å². The number of benzene rings is 1. The number of halogens is 1. The molecule has 0 amide bonds. The van der Waals surface area contributed by atoms with Crippen LogP contribution in [0.3, 0.4) is 0 Å². The molecule has 1 aromatic rings. The molecule has 0 radical (unpaired) electrons. The third-order valence-electron chi connectivity index (χ3n) is 2.99. The van der Waals surface area contributed by atoms with Gasteiger partial charge in [-0.05, 0) is 19.4 Å². The van der Waals surface area contributed by atoms with E-state index in [1.54, 1.807) is 0 Å². The predicted octanol–water partition coefficient (Wildman–Crippen LogP) is 2.45. The first-order chi connectivity index (χ1) is 9.82. The summed E-state index contributed by atoms with van der Waals surface area (Å²) in [4.78, 5) is 11.9. The highest BCUT2D eigenvalue weighted by Gasteiger charge is 2.25. The molecule has 0 spiro atoms. The molecule has 2 N–H and O–H groups in total. The number of esters is 1. The smallest absolute Gasteiger partial charge is 0.308 e. The van der Waals surface area contributed by atoms with Crippen LogP contribution in [0.25, 0.3) is 0 Å². The third kappa shape index (κ3) is 7.60. The molecule has 4 nitrogen and oxygen atoms in total. The quantitative estimate of drug-likeness (QED) is 0.553. The lowest BCUT2D eigenvalue weighted by Crippen LogP contribution is -2.32. The van der Waals surface area contributed by atoms with Crippen molar-refractivity contribution in [1.82, 2.24) is 0 Å². The van der Waals surface area contributed by atoms with Crippen LogP contribution in [0.2, 0.25) is 0 Å². The lowest BCUT2D eigenvalue weighted by atomic mass is 9.98. The maximum absolute atomic E-state index is 11.9. The van der Waals surface area contributed by atoms with E-state index in [1.807, 2.05) is 44.2 Å². The normalized spacial score (nSPS) is 14.5. The molecule has 0 aromatic heterocycles. The van der Waals surface area contributed by atoms with Gasteiger partial charge in [0.1, 0.15) is 5.60 Å². The Balaban J connectivity index is 2.45. The highest BCUT2D eigenvalue weighted by Crippen LogP contribution is 2.18. The molecule has 2 atom stereocenters. The Bertz CT molecular complexity index is 433. The second kappa shape index (κ2) is 8.51. The Morgan fingerprint density at radius 2 is 1.86 bits per heavy atom. The van der Waals surface area contributed by atoms with Crippen molar-refractivity contribution in [3.8, 4) is 0 Å². The zero-order valence-corrected chi connectivity index (χ0v) is 14.0. The predicted molar refractivity (Wildman–Crippen MR) is 85.4 cm³/mol. The van der Waals surface area contributed by atoms with Gasteiger partial charge in [0.25, 0.3) is 0 Å².